The van der Waals surface area contributed by atoms with Crippen molar-refractivity contribution in [2.75, 3.05) is 0 Å². The van der Waals surface area contributed by atoms with Gasteiger partial charge in [-0.2, -0.15) is 13.2 Å². The Morgan fingerprint density at radius 1 is 0.810 bits per heavy atom. The predicted octanol–water partition coefficient (Wildman–Crippen LogP) is 5.60. The van der Waals surface area contributed by atoms with Crippen LogP contribution in [-0.2, 0) is 6.18 Å². The van der Waals surface area contributed by atoms with Gasteiger partial charge in [-0.05, 0) is 18.2 Å². The van der Waals surface area contributed by atoms with Crippen molar-refractivity contribution in [1.29, 1.82) is 0 Å². The highest BCUT2D eigenvalue weighted by atomic mass is 19.4. The maximum absolute atomic E-state index is 12.9. The molecule has 0 spiro atoms. The second kappa shape index (κ2) is 5.05. The fourth-order valence-corrected chi connectivity index (χ4v) is 2.05. The molecule has 3 nitrogen and oxygen atoms in total. The van der Waals surface area contributed by atoms with Crippen LogP contribution in [-0.4, -0.2) is 4.98 Å². The Hall–Kier alpha value is -2.63. The molecule has 0 saturated carbocycles. The standard InChI is InChI=1S/C15H10F3N3/c16-15(17,18)11-6-2-4-8-13(11)20-21-14-9-19-12-7-3-1-5-10(12)14/h1-9,19H. The summed E-state index contributed by atoms with van der Waals surface area (Å²) in [6.45, 7) is 0. The Morgan fingerprint density at radius 2 is 1.48 bits per heavy atom. The summed E-state index contributed by atoms with van der Waals surface area (Å²) in [4.78, 5) is 2.99. The van der Waals surface area contributed by atoms with Crippen molar-refractivity contribution in [1.82, 2.24) is 4.98 Å². The lowest BCUT2D eigenvalue weighted by atomic mass is 10.2. The highest BCUT2D eigenvalue weighted by molar-refractivity contribution is 5.90. The second-order valence-electron chi connectivity index (χ2n) is 4.43. The Kier molecular flexibility index (Phi) is 3.21. The molecule has 0 saturated heterocycles. The van der Waals surface area contributed by atoms with Crippen LogP contribution in [0.4, 0.5) is 24.5 Å². The van der Waals surface area contributed by atoms with E-state index in [4.69, 9.17) is 0 Å². The number of aromatic amines is 1. The van der Waals surface area contributed by atoms with E-state index in [9.17, 15) is 13.2 Å². The number of hydrogen-bond donors (Lipinski definition) is 1. The SMILES string of the molecule is FC(F)(F)c1ccccc1N=Nc1c[nH]c2ccccc12. The lowest BCUT2D eigenvalue weighted by Crippen LogP contribution is -2.04. The quantitative estimate of drug-likeness (QED) is 0.596. The van der Waals surface area contributed by atoms with Crippen LogP contribution in [0, 0.1) is 0 Å². The molecule has 1 aromatic heterocycles. The molecule has 0 fully saturated rings. The Balaban J connectivity index is 2.01. The van der Waals surface area contributed by atoms with Gasteiger partial charge >= 0.3 is 6.18 Å². The molecule has 21 heavy (non-hydrogen) atoms. The normalized spacial score (nSPS) is 12.3. The van der Waals surface area contributed by atoms with Crippen LogP contribution < -0.4 is 0 Å². The fraction of sp³-hybridized carbons (Fsp3) is 0.0667. The van der Waals surface area contributed by atoms with E-state index in [2.05, 4.69) is 15.2 Å². The number of azo groups is 1. The smallest absolute Gasteiger partial charge is 0.359 e. The molecule has 0 aliphatic heterocycles. The molecule has 0 unspecified atom stereocenters. The Bertz CT molecular complexity index is 803. The Labute approximate surface area is 118 Å². The number of nitrogens with zero attached hydrogens (tertiary/aromatic N) is 2. The molecule has 0 bridgehead atoms. The van der Waals surface area contributed by atoms with E-state index < -0.39 is 11.7 Å². The van der Waals surface area contributed by atoms with E-state index in [1.54, 1.807) is 6.20 Å². The van der Waals surface area contributed by atoms with E-state index in [-0.39, 0.29) is 5.69 Å². The Morgan fingerprint density at radius 3 is 2.29 bits per heavy atom. The van der Waals surface area contributed by atoms with E-state index in [1.807, 2.05) is 24.3 Å². The number of para-hydroxylation sites is 1. The summed E-state index contributed by atoms with van der Waals surface area (Å²) in [5.41, 5.74) is 0.363. The highest BCUT2D eigenvalue weighted by Gasteiger charge is 2.33. The van der Waals surface area contributed by atoms with Gasteiger partial charge in [0, 0.05) is 17.1 Å². The van der Waals surface area contributed by atoms with Gasteiger partial charge in [0.15, 0.2) is 0 Å². The van der Waals surface area contributed by atoms with Crippen molar-refractivity contribution in [2.45, 2.75) is 6.18 Å². The second-order valence-corrected chi connectivity index (χ2v) is 4.43. The summed E-state index contributed by atoms with van der Waals surface area (Å²) in [6, 6.07) is 12.5. The van der Waals surface area contributed by atoms with Gasteiger partial charge in [-0.1, -0.05) is 30.3 Å². The van der Waals surface area contributed by atoms with Crippen LogP contribution >= 0.6 is 0 Å². The third kappa shape index (κ3) is 2.65. The van der Waals surface area contributed by atoms with Gasteiger partial charge in [-0.3, -0.25) is 0 Å². The molecule has 0 radical (unpaired) electrons. The summed E-state index contributed by atoms with van der Waals surface area (Å²) in [5, 5.41) is 8.49. The molecule has 1 heterocycles. The summed E-state index contributed by atoms with van der Waals surface area (Å²) >= 11 is 0. The van der Waals surface area contributed by atoms with Gasteiger partial charge in [0.1, 0.15) is 5.69 Å². The monoisotopic (exact) mass is 289 g/mol. The van der Waals surface area contributed by atoms with Gasteiger partial charge in [0.25, 0.3) is 0 Å². The molecule has 3 rings (SSSR count). The lowest BCUT2D eigenvalue weighted by Gasteiger charge is -2.08. The first-order valence-corrected chi connectivity index (χ1v) is 6.20. The third-order valence-electron chi connectivity index (χ3n) is 3.04. The predicted molar refractivity (Wildman–Crippen MR) is 73.9 cm³/mol. The number of rotatable bonds is 2. The van der Waals surface area contributed by atoms with Crippen LogP contribution in [0.3, 0.4) is 0 Å². The van der Waals surface area contributed by atoms with Crippen molar-refractivity contribution in [3.8, 4) is 0 Å². The molecule has 6 heteroatoms. The van der Waals surface area contributed by atoms with Gasteiger partial charge in [-0.15, -0.1) is 10.2 Å². The number of benzene rings is 2. The third-order valence-corrected chi connectivity index (χ3v) is 3.04. The van der Waals surface area contributed by atoms with Gasteiger partial charge in [-0.25, -0.2) is 0 Å². The summed E-state index contributed by atoms with van der Waals surface area (Å²) in [6.07, 6.45) is -2.83. The number of H-pyrrole nitrogens is 1. The minimum atomic E-state index is -4.45. The average molecular weight is 289 g/mol. The van der Waals surface area contributed by atoms with Crippen molar-refractivity contribution in [2.24, 2.45) is 10.2 Å². The zero-order valence-electron chi connectivity index (χ0n) is 10.7. The molecule has 106 valence electrons. The molecule has 0 amide bonds. The van der Waals surface area contributed by atoms with Crippen LogP contribution in [0.1, 0.15) is 5.56 Å². The van der Waals surface area contributed by atoms with Crippen molar-refractivity contribution < 1.29 is 13.2 Å². The number of nitrogens with one attached hydrogen (secondary N) is 1. The zero-order valence-corrected chi connectivity index (χ0v) is 10.7. The first-order valence-electron chi connectivity index (χ1n) is 6.20. The fourth-order valence-electron chi connectivity index (χ4n) is 2.05. The van der Waals surface area contributed by atoms with Crippen molar-refractivity contribution in [3.05, 3.63) is 60.3 Å². The van der Waals surface area contributed by atoms with Gasteiger partial charge in [0.2, 0.25) is 0 Å². The summed E-state index contributed by atoms with van der Waals surface area (Å²) in [7, 11) is 0. The first kappa shape index (κ1) is 13.4. The van der Waals surface area contributed by atoms with Crippen LogP contribution in [0.2, 0.25) is 0 Å². The summed E-state index contributed by atoms with van der Waals surface area (Å²) < 4.78 is 38.6. The van der Waals surface area contributed by atoms with Crippen LogP contribution in [0.25, 0.3) is 10.9 Å². The minimum Gasteiger partial charge on any atom is -0.359 e. The molecule has 0 aliphatic rings. The van der Waals surface area contributed by atoms with Crippen LogP contribution in [0.5, 0.6) is 0 Å². The van der Waals surface area contributed by atoms with Crippen molar-refractivity contribution >= 4 is 22.3 Å². The molecule has 0 atom stereocenters. The first-order chi connectivity index (χ1) is 10.1. The number of halogens is 3. The van der Waals surface area contributed by atoms with E-state index in [1.165, 1.54) is 18.2 Å². The van der Waals surface area contributed by atoms with E-state index in [0.29, 0.717) is 5.69 Å². The van der Waals surface area contributed by atoms with Crippen LogP contribution in [0.15, 0.2) is 65.0 Å². The minimum absolute atomic E-state index is 0.199. The maximum atomic E-state index is 12.9. The topological polar surface area (TPSA) is 40.5 Å². The number of hydrogen-bond acceptors (Lipinski definition) is 2. The lowest BCUT2D eigenvalue weighted by molar-refractivity contribution is -0.137. The number of fused-ring (bicyclic) bond motifs is 1. The average Bonchev–Trinajstić information content (AvgIpc) is 2.88. The van der Waals surface area contributed by atoms with Crippen molar-refractivity contribution in [3.63, 3.8) is 0 Å². The number of alkyl halides is 3. The van der Waals surface area contributed by atoms with E-state index in [0.717, 1.165) is 17.0 Å². The largest absolute Gasteiger partial charge is 0.418 e. The zero-order chi connectivity index (χ0) is 14.9. The number of aromatic nitrogens is 1. The molecule has 2 aromatic carbocycles. The molecule has 3 aromatic rings. The van der Waals surface area contributed by atoms with Gasteiger partial charge < -0.3 is 4.98 Å². The summed E-state index contributed by atoms with van der Waals surface area (Å²) in [5.74, 6) is 0. The molecule has 0 aliphatic carbocycles. The maximum Gasteiger partial charge on any atom is 0.418 e. The molecular weight excluding hydrogens is 279 g/mol. The highest BCUT2D eigenvalue weighted by Crippen LogP contribution is 2.37. The van der Waals surface area contributed by atoms with Gasteiger partial charge in [0.05, 0.1) is 11.3 Å². The van der Waals surface area contributed by atoms with E-state index >= 15 is 0 Å². The molecular formula is C15H10F3N3. The molecule has 1 N–H and O–H groups in total.